The third-order valence-corrected chi connectivity index (χ3v) is 7.62. The van der Waals surface area contributed by atoms with Gasteiger partial charge in [0.15, 0.2) is 5.82 Å². The van der Waals surface area contributed by atoms with E-state index in [1.807, 2.05) is 60.9 Å². The highest BCUT2D eigenvalue weighted by molar-refractivity contribution is 7.17. The second kappa shape index (κ2) is 12.9. The fourth-order valence-electron chi connectivity index (χ4n) is 4.60. The first-order valence-electron chi connectivity index (χ1n) is 14.0. The molecule has 0 saturated carbocycles. The Kier molecular flexibility index (Phi) is 8.39. The molecule has 3 aromatic heterocycles. The number of hydrogen-bond donors (Lipinski definition) is 4. The quantitative estimate of drug-likeness (QED) is 0.135. The maximum absolute atomic E-state index is 13.0. The zero-order chi connectivity index (χ0) is 30.5. The summed E-state index contributed by atoms with van der Waals surface area (Å²) in [4.78, 5) is 41.0. The minimum Gasteiger partial charge on any atom is -0.338 e. The van der Waals surface area contributed by atoms with E-state index in [-0.39, 0.29) is 11.8 Å². The lowest BCUT2D eigenvalue weighted by Gasteiger charge is -2.12. The van der Waals surface area contributed by atoms with Crippen molar-refractivity contribution in [2.45, 2.75) is 6.42 Å². The lowest BCUT2D eigenvalue weighted by atomic mass is 10.2. The number of carbonyl (C=O) groups excluding carboxylic acids is 2. The van der Waals surface area contributed by atoms with Crippen LogP contribution in [0.15, 0.2) is 90.5 Å². The first-order valence-corrected chi connectivity index (χ1v) is 14.9. The number of rotatable bonds is 10. The summed E-state index contributed by atoms with van der Waals surface area (Å²) in [5, 5.41) is 14.4. The Bertz CT molecular complexity index is 1900. The number of thiophene rings is 1. The third kappa shape index (κ3) is 6.97. The van der Waals surface area contributed by atoms with Crippen molar-refractivity contribution in [2.75, 3.05) is 41.9 Å². The molecule has 0 saturated heterocycles. The summed E-state index contributed by atoms with van der Waals surface area (Å²) in [7, 11) is 3.86. The van der Waals surface area contributed by atoms with Gasteiger partial charge in [0.05, 0.1) is 27.8 Å². The van der Waals surface area contributed by atoms with E-state index in [9.17, 15) is 9.59 Å². The fraction of sp³-hybridized carbons (Fsp3) is 0.121. The van der Waals surface area contributed by atoms with Gasteiger partial charge in [-0.15, -0.1) is 11.3 Å². The van der Waals surface area contributed by atoms with E-state index < -0.39 is 0 Å². The molecular weight excluding hydrogens is 572 g/mol. The average molecular weight is 603 g/mol. The highest BCUT2D eigenvalue weighted by Gasteiger charge is 2.13. The van der Waals surface area contributed by atoms with Crippen LogP contribution in [0.1, 0.15) is 21.6 Å². The topological polar surface area (TPSA) is 124 Å². The molecule has 1 aliphatic carbocycles. The van der Waals surface area contributed by atoms with Crippen molar-refractivity contribution in [1.29, 1.82) is 0 Å². The van der Waals surface area contributed by atoms with Gasteiger partial charge >= 0.3 is 0 Å². The number of likely N-dealkylation sites (N-methyl/N-ethyl adjacent to an activating group) is 1. The number of anilines is 6. The monoisotopic (exact) mass is 602 g/mol. The lowest BCUT2D eigenvalue weighted by Crippen LogP contribution is -2.13. The predicted octanol–water partition coefficient (Wildman–Crippen LogP) is 6.45. The number of pyridine rings is 1. The summed E-state index contributed by atoms with van der Waals surface area (Å²) in [5.74, 6) is 0.609. The predicted molar refractivity (Wildman–Crippen MR) is 178 cm³/mol. The number of nitrogens with one attached hydrogen (secondary N) is 4. The third-order valence-electron chi connectivity index (χ3n) is 6.71. The zero-order valence-corrected chi connectivity index (χ0v) is 25.0. The van der Waals surface area contributed by atoms with Crippen molar-refractivity contribution in [1.82, 2.24) is 19.9 Å². The van der Waals surface area contributed by atoms with Crippen molar-refractivity contribution in [3.05, 3.63) is 107 Å². The van der Waals surface area contributed by atoms with Gasteiger partial charge in [-0.1, -0.05) is 24.3 Å². The number of benzene rings is 2. The van der Waals surface area contributed by atoms with E-state index in [0.717, 1.165) is 33.6 Å². The first kappa shape index (κ1) is 28.7. The number of carbonyl (C=O) groups is 2. The number of hydrogen-bond acceptors (Lipinski definition) is 9. The summed E-state index contributed by atoms with van der Waals surface area (Å²) in [6.45, 7) is 0.671. The van der Waals surface area contributed by atoms with E-state index in [0.29, 0.717) is 40.9 Å². The first-order chi connectivity index (χ1) is 21.4. The van der Waals surface area contributed by atoms with Gasteiger partial charge in [-0.3, -0.25) is 14.6 Å². The van der Waals surface area contributed by atoms with Crippen molar-refractivity contribution < 1.29 is 9.59 Å². The largest absolute Gasteiger partial charge is 0.338 e. The smallest absolute Gasteiger partial charge is 0.255 e. The molecule has 2 amide bonds. The number of nitrogens with zero attached hydrogens (tertiary/aromatic N) is 4. The zero-order valence-electron chi connectivity index (χ0n) is 24.2. The molecule has 0 aliphatic heterocycles. The second-order valence-electron chi connectivity index (χ2n) is 10.4. The molecule has 44 heavy (non-hydrogen) atoms. The van der Waals surface area contributed by atoms with Crippen molar-refractivity contribution in [3.63, 3.8) is 0 Å². The molecule has 0 bridgehead atoms. The van der Waals surface area contributed by atoms with E-state index >= 15 is 0 Å². The van der Waals surface area contributed by atoms with Crippen LogP contribution in [0.25, 0.3) is 16.3 Å². The highest BCUT2D eigenvalue weighted by Crippen LogP contribution is 2.31. The lowest BCUT2D eigenvalue weighted by molar-refractivity contribution is -0.111. The van der Waals surface area contributed by atoms with Crippen LogP contribution >= 0.6 is 11.3 Å². The van der Waals surface area contributed by atoms with Crippen LogP contribution in [0.3, 0.4) is 0 Å². The Morgan fingerprint density at radius 2 is 1.77 bits per heavy atom. The minimum atomic E-state index is -0.272. The van der Waals surface area contributed by atoms with Crippen molar-refractivity contribution in [3.8, 4) is 0 Å². The van der Waals surface area contributed by atoms with Crippen molar-refractivity contribution >= 4 is 74.0 Å². The second-order valence-corrected chi connectivity index (χ2v) is 11.3. The number of fused-ring (bicyclic) bond motifs is 2. The molecule has 0 radical (unpaired) electrons. The molecule has 4 N–H and O–H groups in total. The Morgan fingerprint density at radius 1 is 0.932 bits per heavy atom. The summed E-state index contributed by atoms with van der Waals surface area (Å²) in [5.41, 5.74) is 6.23. The van der Waals surface area contributed by atoms with Gasteiger partial charge in [-0.2, -0.15) is 4.98 Å². The molecule has 0 fully saturated rings. The molecule has 10 nitrogen and oxygen atoms in total. The van der Waals surface area contributed by atoms with E-state index in [4.69, 9.17) is 4.98 Å². The van der Waals surface area contributed by atoms with Gasteiger partial charge in [0.1, 0.15) is 0 Å². The van der Waals surface area contributed by atoms with Gasteiger partial charge in [-0.25, -0.2) is 4.98 Å². The summed E-state index contributed by atoms with van der Waals surface area (Å²) < 4.78 is 0.944. The normalized spacial score (nSPS) is 12.1. The van der Waals surface area contributed by atoms with E-state index in [1.165, 1.54) is 6.08 Å². The van der Waals surface area contributed by atoms with Gasteiger partial charge in [0.25, 0.3) is 5.91 Å². The van der Waals surface area contributed by atoms with E-state index in [2.05, 4.69) is 49.5 Å². The van der Waals surface area contributed by atoms with Crippen LogP contribution in [0.4, 0.5) is 34.5 Å². The standard InChI is InChI=1S/C33H30N8O2S/c1-41(2)16-5-10-29(42)35-23-13-11-21(12-14-23)32(43)37-24-7-4-8-25(19-24)38-33-39-28-15-17-44-30(28)31(40-33)36-26-18-22-6-3-9-27(22)34-20-26/h3-8,10-15,17-20H,9,16H2,1-2H3,(H,35,42)(H,37,43)(H2,36,38,39,40)/b10-5+. The van der Waals surface area contributed by atoms with Gasteiger partial charge in [-0.05, 0) is 79.6 Å². The van der Waals surface area contributed by atoms with Crippen LogP contribution < -0.4 is 21.3 Å². The molecule has 2 aromatic carbocycles. The number of aromatic nitrogens is 3. The van der Waals surface area contributed by atoms with Crippen LogP contribution in [0.2, 0.25) is 0 Å². The van der Waals surface area contributed by atoms with E-state index in [1.54, 1.807) is 41.7 Å². The Labute approximate surface area is 258 Å². The highest BCUT2D eigenvalue weighted by atomic mass is 32.1. The van der Waals surface area contributed by atoms with Crippen molar-refractivity contribution in [2.24, 2.45) is 0 Å². The molecule has 11 heteroatoms. The van der Waals surface area contributed by atoms with Crippen LogP contribution in [-0.4, -0.2) is 52.3 Å². The molecular formula is C33H30N8O2S. The molecule has 5 aromatic rings. The molecule has 0 unspecified atom stereocenters. The molecule has 6 rings (SSSR count). The summed E-state index contributed by atoms with van der Waals surface area (Å²) in [6.07, 6.45) is 10.1. The number of allylic oxidation sites excluding steroid dienone is 1. The summed E-state index contributed by atoms with van der Waals surface area (Å²) >= 11 is 1.57. The van der Waals surface area contributed by atoms with Crippen LogP contribution in [0.5, 0.6) is 0 Å². The molecule has 220 valence electrons. The molecule has 3 heterocycles. The van der Waals surface area contributed by atoms with Crippen LogP contribution in [0, 0.1) is 0 Å². The minimum absolute atomic E-state index is 0.226. The molecule has 0 atom stereocenters. The van der Waals surface area contributed by atoms with Gasteiger partial charge < -0.3 is 26.2 Å². The van der Waals surface area contributed by atoms with Gasteiger partial charge in [0.2, 0.25) is 11.9 Å². The Hall–Kier alpha value is -5.39. The maximum atomic E-state index is 13.0. The Morgan fingerprint density at radius 3 is 2.61 bits per heavy atom. The average Bonchev–Trinajstić information content (AvgIpc) is 3.67. The molecule has 0 spiro atoms. The summed E-state index contributed by atoms with van der Waals surface area (Å²) in [6, 6.07) is 18.1. The SMILES string of the molecule is CN(C)C/C=C/C(=O)Nc1ccc(C(=O)Nc2cccc(Nc3nc(Nc4cnc5c(c4)C=CC5)c4sccc4n3)c2)cc1. The fourth-order valence-corrected chi connectivity index (χ4v) is 5.37. The Balaban J connectivity index is 1.12. The maximum Gasteiger partial charge on any atom is 0.255 e. The van der Waals surface area contributed by atoms with Crippen LogP contribution in [-0.2, 0) is 11.2 Å². The molecule has 1 aliphatic rings. The number of amides is 2. The van der Waals surface area contributed by atoms with Gasteiger partial charge in [0, 0.05) is 41.7 Å².